The number of anilines is 2. The van der Waals surface area contributed by atoms with Crippen molar-refractivity contribution in [3.8, 4) is 0 Å². The van der Waals surface area contributed by atoms with Crippen molar-refractivity contribution in [3.05, 3.63) is 64.4 Å². The summed E-state index contributed by atoms with van der Waals surface area (Å²) < 4.78 is 6.62. The number of piperidine rings is 1. The van der Waals surface area contributed by atoms with Gasteiger partial charge in [0.1, 0.15) is 0 Å². The maximum absolute atomic E-state index is 12.8. The Hall–Kier alpha value is -3.88. The second kappa shape index (κ2) is 9.72. The van der Waals surface area contributed by atoms with E-state index >= 15 is 0 Å². The maximum atomic E-state index is 12.8. The Morgan fingerprint density at radius 2 is 1.88 bits per heavy atom. The number of urea groups is 1. The zero-order valence-corrected chi connectivity index (χ0v) is 18.7. The number of benzene rings is 2. The Morgan fingerprint density at radius 1 is 1.12 bits per heavy atom. The molecule has 172 valence electrons. The fourth-order valence-corrected chi connectivity index (χ4v) is 4.00. The summed E-state index contributed by atoms with van der Waals surface area (Å²) in [6.45, 7) is 3.26. The average molecular weight is 450 g/mol. The summed E-state index contributed by atoms with van der Waals surface area (Å²) in [6, 6.07) is 13.8. The second-order valence-corrected chi connectivity index (χ2v) is 7.95. The summed E-state index contributed by atoms with van der Waals surface area (Å²) in [5, 5.41) is 5.74. The van der Waals surface area contributed by atoms with E-state index in [0.29, 0.717) is 43.0 Å². The standard InChI is InChI=1S/C24H27N5O4/c1-3-33-23(31)16-7-6-8-18(15-16)26-24(32)25-17-11-13-29(14-12-17)21-22(30)28(2)20-10-5-4-9-19(20)27-21/h4-10,15,17H,3,11-14H2,1-2H3,(H2,25,26,32). The molecule has 1 aliphatic heterocycles. The van der Waals surface area contributed by atoms with Crippen LogP contribution in [0.1, 0.15) is 30.1 Å². The van der Waals surface area contributed by atoms with Crippen LogP contribution in [-0.2, 0) is 11.8 Å². The molecule has 0 spiro atoms. The van der Waals surface area contributed by atoms with Crippen molar-refractivity contribution in [1.29, 1.82) is 0 Å². The van der Waals surface area contributed by atoms with Gasteiger partial charge in [-0.1, -0.05) is 18.2 Å². The van der Waals surface area contributed by atoms with E-state index in [4.69, 9.17) is 4.74 Å². The summed E-state index contributed by atoms with van der Waals surface area (Å²) in [6.07, 6.45) is 1.38. The molecule has 2 heterocycles. The van der Waals surface area contributed by atoms with Crippen molar-refractivity contribution in [2.24, 2.45) is 7.05 Å². The number of nitrogens with zero attached hydrogens (tertiary/aromatic N) is 3. The Labute approximate surface area is 191 Å². The van der Waals surface area contributed by atoms with Gasteiger partial charge < -0.3 is 24.8 Å². The predicted molar refractivity (Wildman–Crippen MR) is 127 cm³/mol. The number of esters is 1. The molecule has 0 aliphatic carbocycles. The van der Waals surface area contributed by atoms with Crippen molar-refractivity contribution < 1.29 is 14.3 Å². The molecule has 4 rings (SSSR count). The van der Waals surface area contributed by atoms with E-state index in [1.165, 1.54) is 0 Å². The van der Waals surface area contributed by atoms with Crippen molar-refractivity contribution in [3.63, 3.8) is 0 Å². The maximum Gasteiger partial charge on any atom is 0.338 e. The molecular weight excluding hydrogens is 422 g/mol. The lowest BCUT2D eigenvalue weighted by atomic mass is 10.1. The zero-order valence-electron chi connectivity index (χ0n) is 18.7. The number of nitrogens with one attached hydrogen (secondary N) is 2. The number of ether oxygens (including phenoxy) is 1. The molecule has 1 fully saturated rings. The van der Waals surface area contributed by atoms with Crippen LogP contribution in [0.4, 0.5) is 16.3 Å². The highest BCUT2D eigenvalue weighted by atomic mass is 16.5. The van der Waals surface area contributed by atoms with Crippen LogP contribution < -0.4 is 21.1 Å². The molecule has 33 heavy (non-hydrogen) atoms. The SMILES string of the molecule is CCOC(=O)c1cccc(NC(=O)NC2CCN(c3nc4ccccc4n(C)c3=O)CC2)c1. The third-order valence-corrected chi connectivity index (χ3v) is 5.73. The number of hydrogen-bond donors (Lipinski definition) is 2. The number of fused-ring (bicyclic) bond motifs is 1. The minimum absolute atomic E-state index is 0.0289. The number of carbonyl (C=O) groups is 2. The third kappa shape index (κ3) is 4.97. The average Bonchev–Trinajstić information content (AvgIpc) is 2.82. The number of carbonyl (C=O) groups excluding carboxylic acids is 2. The van der Waals surface area contributed by atoms with E-state index in [1.54, 1.807) is 42.8 Å². The van der Waals surface area contributed by atoms with E-state index in [0.717, 1.165) is 11.0 Å². The summed E-state index contributed by atoms with van der Waals surface area (Å²) >= 11 is 0. The number of aromatic nitrogens is 2. The first-order valence-electron chi connectivity index (χ1n) is 11.0. The number of hydrogen-bond acceptors (Lipinski definition) is 6. The normalized spacial score (nSPS) is 14.2. The lowest BCUT2D eigenvalue weighted by Crippen LogP contribution is -2.47. The van der Waals surface area contributed by atoms with Crippen LogP contribution >= 0.6 is 0 Å². The van der Waals surface area contributed by atoms with Crippen LogP contribution in [0, 0.1) is 0 Å². The molecule has 1 saturated heterocycles. The molecule has 0 radical (unpaired) electrons. The van der Waals surface area contributed by atoms with Crippen LogP contribution in [0.5, 0.6) is 0 Å². The number of para-hydroxylation sites is 2. The van der Waals surface area contributed by atoms with Crippen molar-refractivity contribution in [2.75, 3.05) is 29.9 Å². The van der Waals surface area contributed by atoms with Crippen LogP contribution in [-0.4, -0.2) is 47.3 Å². The largest absolute Gasteiger partial charge is 0.462 e. The molecule has 1 aliphatic rings. The lowest BCUT2D eigenvalue weighted by Gasteiger charge is -2.33. The molecule has 1 aromatic heterocycles. The smallest absolute Gasteiger partial charge is 0.338 e. The number of aryl methyl sites for hydroxylation is 1. The van der Waals surface area contributed by atoms with Crippen molar-refractivity contribution >= 4 is 34.5 Å². The van der Waals surface area contributed by atoms with E-state index in [-0.39, 0.29) is 24.2 Å². The van der Waals surface area contributed by atoms with Crippen LogP contribution in [0.25, 0.3) is 11.0 Å². The van der Waals surface area contributed by atoms with Crippen LogP contribution in [0.15, 0.2) is 53.3 Å². The van der Waals surface area contributed by atoms with Gasteiger partial charge in [0, 0.05) is 31.9 Å². The molecule has 9 heteroatoms. The topological polar surface area (TPSA) is 106 Å². The van der Waals surface area contributed by atoms with Gasteiger partial charge >= 0.3 is 12.0 Å². The van der Waals surface area contributed by atoms with Gasteiger partial charge in [-0.05, 0) is 50.1 Å². The van der Waals surface area contributed by atoms with E-state index in [2.05, 4.69) is 15.6 Å². The highest BCUT2D eigenvalue weighted by Crippen LogP contribution is 2.18. The van der Waals surface area contributed by atoms with Gasteiger partial charge in [-0.25, -0.2) is 14.6 Å². The monoisotopic (exact) mass is 449 g/mol. The summed E-state index contributed by atoms with van der Waals surface area (Å²) in [7, 11) is 1.76. The van der Waals surface area contributed by atoms with E-state index < -0.39 is 5.97 Å². The van der Waals surface area contributed by atoms with Gasteiger partial charge in [0.15, 0.2) is 5.82 Å². The fraction of sp³-hybridized carbons (Fsp3) is 0.333. The van der Waals surface area contributed by atoms with Gasteiger partial charge in [0.05, 0.1) is 23.2 Å². The third-order valence-electron chi connectivity index (χ3n) is 5.73. The Bertz CT molecular complexity index is 1230. The quantitative estimate of drug-likeness (QED) is 0.581. The molecule has 0 saturated carbocycles. The molecule has 0 unspecified atom stereocenters. The second-order valence-electron chi connectivity index (χ2n) is 7.95. The molecule has 2 amide bonds. The van der Waals surface area contributed by atoms with Crippen LogP contribution in [0.2, 0.25) is 0 Å². The predicted octanol–water partition coefficient (Wildman–Crippen LogP) is 2.90. The first kappa shape index (κ1) is 22.3. The first-order valence-corrected chi connectivity index (χ1v) is 11.0. The number of rotatable bonds is 5. The Morgan fingerprint density at radius 3 is 2.64 bits per heavy atom. The summed E-state index contributed by atoms with van der Waals surface area (Å²) in [5.74, 6) is 0.0113. The van der Waals surface area contributed by atoms with Gasteiger partial charge in [-0.2, -0.15) is 0 Å². The molecule has 3 aromatic rings. The highest BCUT2D eigenvalue weighted by Gasteiger charge is 2.24. The summed E-state index contributed by atoms with van der Waals surface area (Å²) in [5.41, 5.74) is 2.34. The van der Waals surface area contributed by atoms with Gasteiger partial charge in [-0.15, -0.1) is 0 Å². The van der Waals surface area contributed by atoms with Gasteiger partial charge in [0.2, 0.25) is 0 Å². The van der Waals surface area contributed by atoms with Gasteiger partial charge in [0.25, 0.3) is 5.56 Å². The van der Waals surface area contributed by atoms with E-state index in [9.17, 15) is 14.4 Å². The summed E-state index contributed by atoms with van der Waals surface area (Å²) in [4.78, 5) is 43.7. The minimum atomic E-state index is -0.428. The molecular formula is C24H27N5O4. The molecule has 2 N–H and O–H groups in total. The molecule has 0 atom stereocenters. The zero-order chi connectivity index (χ0) is 23.4. The highest BCUT2D eigenvalue weighted by molar-refractivity contribution is 5.94. The molecule has 0 bridgehead atoms. The fourth-order valence-electron chi connectivity index (χ4n) is 4.00. The van der Waals surface area contributed by atoms with Crippen LogP contribution in [0.3, 0.4) is 0 Å². The first-order chi connectivity index (χ1) is 16.0. The Balaban J connectivity index is 1.35. The lowest BCUT2D eigenvalue weighted by molar-refractivity contribution is 0.0526. The van der Waals surface area contributed by atoms with Crippen molar-refractivity contribution in [2.45, 2.75) is 25.8 Å². The van der Waals surface area contributed by atoms with E-state index in [1.807, 2.05) is 29.2 Å². The van der Waals surface area contributed by atoms with Gasteiger partial charge in [-0.3, -0.25) is 4.79 Å². The Kier molecular flexibility index (Phi) is 6.58. The minimum Gasteiger partial charge on any atom is -0.462 e. The number of amides is 2. The molecule has 9 nitrogen and oxygen atoms in total. The van der Waals surface area contributed by atoms with Crippen molar-refractivity contribution in [1.82, 2.24) is 14.9 Å². The molecule has 2 aromatic carbocycles.